The molecule has 0 aliphatic carbocycles. The van der Waals surface area contributed by atoms with Gasteiger partial charge in [-0.2, -0.15) is 0 Å². The highest BCUT2D eigenvalue weighted by Gasteiger charge is 2.18. The van der Waals surface area contributed by atoms with Gasteiger partial charge in [-0.3, -0.25) is 5.32 Å². The van der Waals surface area contributed by atoms with Crippen LogP contribution in [0.2, 0.25) is 0 Å². The molecule has 2 heteroatoms. The average Bonchev–Trinajstić information content (AvgIpc) is 2.15. The van der Waals surface area contributed by atoms with Crippen LogP contribution in [0.1, 0.15) is 6.42 Å². The Bertz CT molecular complexity index is 128. The van der Waals surface area contributed by atoms with Crippen molar-refractivity contribution in [1.29, 1.82) is 0 Å². The Balaban J connectivity index is 2.20. The maximum Gasteiger partial charge on any atom is 0.0682 e. The second-order valence-corrected chi connectivity index (χ2v) is 2.33. The van der Waals surface area contributed by atoms with Gasteiger partial charge in [0.2, 0.25) is 0 Å². The van der Waals surface area contributed by atoms with E-state index in [9.17, 15) is 0 Å². The summed E-state index contributed by atoms with van der Waals surface area (Å²) in [5, 5.41) is 3.28. The number of nitrogens with one attached hydrogen (secondary N) is 1. The van der Waals surface area contributed by atoms with Crippen molar-refractivity contribution in [3.8, 4) is 0 Å². The molecule has 44 valence electrons. The lowest BCUT2D eigenvalue weighted by Gasteiger charge is -2.09. The van der Waals surface area contributed by atoms with Crippen LogP contribution in [0.5, 0.6) is 0 Å². The predicted molar refractivity (Wildman–Crippen MR) is 32.3 cm³/mol. The molecule has 8 heavy (non-hydrogen) atoms. The highest BCUT2D eigenvalue weighted by Crippen LogP contribution is 2.15. The van der Waals surface area contributed by atoms with Gasteiger partial charge in [-0.1, -0.05) is 6.08 Å². The van der Waals surface area contributed by atoms with Crippen LogP contribution in [-0.4, -0.2) is 24.7 Å². The first kappa shape index (κ1) is 4.39. The van der Waals surface area contributed by atoms with Crippen LogP contribution < -0.4 is 5.32 Å². The molecule has 1 saturated heterocycles. The van der Waals surface area contributed by atoms with Crippen molar-refractivity contribution in [1.82, 2.24) is 10.2 Å². The Morgan fingerprint density at radius 1 is 1.62 bits per heavy atom. The Morgan fingerprint density at radius 2 is 2.62 bits per heavy atom. The van der Waals surface area contributed by atoms with Gasteiger partial charge in [0.05, 0.1) is 6.67 Å². The molecule has 1 fully saturated rings. The zero-order chi connectivity index (χ0) is 5.40. The van der Waals surface area contributed by atoms with Crippen molar-refractivity contribution in [3.05, 3.63) is 11.8 Å². The van der Waals surface area contributed by atoms with Crippen molar-refractivity contribution in [2.45, 2.75) is 6.42 Å². The third-order valence-electron chi connectivity index (χ3n) is 1.79. The molecule has 0 atom stereocenters. The summed E-state index contributed by atoms with van der Waals surface area (Å²) >= 11 is 0. The van der Waals surface area contributed by atoms with Gasteiger partial charge in [-0.25, -0.2) is 0 Å². The first-order valence-electron chi connectivity index (χ1n) is 3.11. The molecule has 0 saturated carbocycles. The van der Waals surface area contributed by atoms with Crippen LogP contribution in [0.3, 0.4) is 0 Å². The zero-order valence-electron chi connectivity index (χ0n) is 4.85. The fourth-order valence-corrected chi connectivity index (χ4v) is 1.34. The molecular weight excluding hydrogens is 100 g/mol. The fraction of sp³-hybridized carbons (Fsp3) is 0.667. The monoisotopic (exact) mass is 110 g/mol. The average molecular weight is 110 g/mol. The summed E-state index contributed by atoms with van der Waals surface area (Å²) in [6, 6.07) is 0. The number of hydrogen-bond donors (Lipinski definition) is 1. The van der Waals surface area contributed by atoms with E-state index in [4.69, 9.17) is 0 Å². The summed E-state index contributed by atoms with van der Waals surface area (Å²) < 4.78 is 0. The maximum atomic E-state index is 3.28. The van der Waals surface area contributed by atoms with Crippen molar-refractivity contribution in [3.63, 3.8) is 0 Å². The minimum Gasteiger partial charge on any atom is -0.361 e. The van der Waals surface area contributed by atoms with Crippen LogP contribution >= 0.6 is 0 Å². The molecule has 1 N–H and O–H groups in total. The zero-order valence-corrected chi connectivity index (χ0v) is 4.85. The van der Waals surface area contributed by atoms with Crippen molar-refractivity contribution >= 4 is 0 Å². The van der Waals surface area contributed by atoms with Gasteiger partial charge in [0.15, 0.2) is 0 Å². The van der Waals surface area contributed by atoms with Crippen LogP contribution in [0.25, 0.3) is 0 Å². The third-order valence-corrected chi connectivity index (χ3v) is 1.79. The molecule has 2 aliphatic rings. The largest absolute Gasteiger partial charge is 0.361 e. The summed E-state index contributed by atoms with van der Waals surface area (Å²) in [4.78, 5) is 2.39. The fourth-order valence-electron chi connectivity index (χ4n) is 1.34. The van der Waals surface area contributed by atoms with E-state index in [1.165, 1.54) is 18.7 Å². The Hall–Kier alpha value is -0.500. The van der Waals surface area contributed by atoms with Crippen LogP contribution in [0, 0.1) is 0 Å². The molecule has 0 aromatic heterocycles. The standard InChI is InChI=1S/C6H10N2/c1-2-6-4-7-5-8(6)3-1/h2,7H,1,3-5H2. The normalized spacial score (nSPS) is 26.0. The van der Waals surface area contributed by atoms with Crippen molar-refractivity contribution in [2.75, 3.05) is 19.8 Å². The lowest BCUT2D eigenvalue weighted by atomic mass is 10.4. The number of rotatable bonds is 0. The van der Waals surface area contributed by atoms with Gasteiger partial charge in [0.25, 0.3) is 0 Å². The summed E-state index contributed by atoms with van der Waals surface area (Å²) in [6.07, 6.45) is 3.58. The van der Waals surface area contributed by atoms with E-state index >= 15 is 0 Å². The van der Waals surface area contributed by atoms with Gasteiger partial charge in [-0.15, -0.1) is 0 Å². The van der Waals surface area contributed by atoms with E-state index in [-0.39, 0.29) is 0 Å². The first-order valence-corrected chi connectivity index (χ1v) is 3.11. The highest BCUT2D eigenvalue weighted by atomic mass is 15.3. The molecule has 2 aliphatic heterocycles. The molecule has 2 heterocycles. The Labute approximate surface area is 49.2 Å². The van der Waals surface area contributed by atoms with Crippen molar-refractivity contribution in [2.24, 2.45) is 0 Å². The second-order valence-electron chi connectivity index (χ2n) is 2.33. The molecular formula is C6H10N2. The van der Waals surface area contributed by atoms with Crippen LogP contribution in [-0.2, 0) is 0 Å². The van der Waals surface area contributed by atoms with Gasteiger partial charge >= 0.3 is 0 Å². The van der Waals surface area contributed by atoms with Crippen LogP contribution in [0.4, 0.5) is 0 Å². The quantitative estimate of drug-likeness (QED) is 0.477. The Morgan fingerprint density at radius 3 is 3.50 bits per heavy atom. The molecule has 0 spiro atoms. The third kappa shape index (κ3) is 0.464. The molecule has 0 aromatic carbocycles. The summed E-state index contributed by atoms with van der Waals surface area (Å²) in [5.74, 6) is 0. The van der Waals surface area contributed by atoms with E-state index in [1.54, 1.807) is 0 Å². The lowest BCUT2D eigenvalue weighted by molar-refractivity contribution is 0.415. The van der Waals surface area contributed by atoms with E-state index in [2.05, 4.69) is 16.3 Å². The van der Waals surface area contributed by atoms with E-state index in [0.717, 1.165) is 13.2 Å². The van der Waals surface area contributed by atoms with Gasteiger partial charge in [0, 0.05) is 18.8 Å². The highest BCUT2D eigenvalue weighted by molar-refractivity contribution is 5.12. The van der Waals surface area contributed by atoms with Gasteiger partial charge in [-0.05, 0) is 6.42 Å². The number of fused-ring (bicyclic) bond motifs is 1. The van der Waals surface area contributed by atoms with E-state index in [0.29, 0.717) is 0 Å². The van der Waals surface area contributed by atoms with Crippen molar-refractivity contribution < 1.29 is 0 Å². The molecule has 2 rings (SSSR count). The summed E-state index contributed by atoms with van der Waals surface area (Å²) in [5.41, 5.74) is 1.50. The SMILES string of the molecule is C1=C2CNCN2CC1. The lowest BCUT2D eigenvalue weighted by Crippen LogP contribution is -2.18. The maximum absolute atomic E-state index is 3.28. The summed E-state index contributed by atoms with van der Waals surface area (Å²) in [6.45, 7) is 3.41. The minimum absolute atomic E-state index is 1.08. The number of hydrogen-bond acceptors (Lipinski definition) is 2. The summed E-state index contributed by atoms with van der Waals surface area (Å²) in [7, 11) is 0. The Kier molecular flexibility index (Phi) is 0.815. The van der Waals surface area contributed by atoms with E-state index < -0.39 is 0 Å². The smallest absolute Gasteiger partial charge is 0.0682 e. The van der Waals surface area contributed by atoms with Gasteiger partial charge in [0.1, 0.15) is 0 Å². The van der Waals surface area contributed by atoms with Crippen LogP contribution in [0.15, 0.2) is 11.8 Å². The predicted octanol–water partition coefficient (Wildman–Crippen LogP) is 0.137. The molecule has 0 bridgehead atoms. The molecule has 0 aromatic rings. The minimum atomic E-state index is 1.08. The first-order chi connectivity index (χ1) is 3.97. The molecule has 0 unspecified atom stereocenters. The molecule has 0 radical (unpaired) electrons. The van der Waals surface area contributed by atoms with Gasteiger partial charge < -0.3 is 4.90 Å². The second kappa shape index (κ2) is 1.49. The topological polar surface area (TPSA) is 15.3 Å². The number of nitrogens with zero attached hydrogens (tertiary/aromatic N) is 1. The van der Waals surface area contributed by atoms with E-state index in [1.807, 2.05) is 0 Å². The molecule has 2 nitrogen and oxygen atoms in total. The molecule has 0 amide bonds.